The van der Waals surface area contributed by atoms with Crippen molar-refractivity contribution in [2.75, 3.05) is 34.5 Å². The third-order valence-corrected chi connectivity index (χ3v) is 13.7. The van der Waals surface area contributed by atoms with Crippen molar-refractivity contribution < 1.29 is 54.0 Å². The zero-order valence-electron chi connectivity index (χ0n) is 27.1. The monoisotopic (exact) mass is 780 g/mol. The van der Waals surface area contributed by atoms with E-state index in [0.717, 1.165) is 22.0 Å². The van der Waals surface area contributed by atoms with Gasteiger partial charge in [0, 0.05) is 31.8 Å². The summed E-state index contributed by atoms with van der Waals surface area (Å²) in [4.78, 5) is 64.7. The molecule has 48 heavy (non-hydrogen) atoms. The quantitative estimate of drug-likeness (QED) is 0.347. The Morgan fingerprint density at radius 1 is 0.646 bits per heavy atom. The molecular formula is C30H36O12S6. The number of hydrogen-bond donors (Lipinski definition) is 0. The maximum absolute atomic E-state index is 10.7. The van der Waals surface area contributed by atoms with Crippen molar-refractivity contribution in [3.8, 4) is 0 Å². The highest BCUT2D eigenvalue weighted by Gasteiger charge is 2.25. The van der Waals surface area contributed by atoms with Crippen LogP contribution in [-0.4, -0.2) is 94.5 Å². The Hall–Kier alpha value is -2.64. The Balaban J connectivity index is 0.000000289. The minimum absolute atomic E-state index is 0.0131. The lowest BCUT2D eigenvalue weighted by atomic mass is 10.3. The molecule has 0 aliphatic carbocycles. The predicted octanol–water partition coefficient (Wildman–Crippen LogP) is 2.63. The number of allylic oxidation sites excluding steroid dienone is 9. The van der Waals surface area contributed by atoms with Gasteiger partial charge in [-0.3, -0.25) is 37.2 Å². The van der Waals surface area contributed by atoms with Crippen LogP contribution in [0.4, 0.5) is 0 Å². The van der Waals surface area contributed by atoms with E-state index >= 15 is 0 Å². The second kappa shape index (κ2) is 19.5. The Morgan fingerprint density at radius 3 is 1.40 bits per heavy atom. The average molecular weight is 781 g/mol. The molecular weight excluding hydrogens is 745 g/mol. The number of rotatable bonds is 0. The fourth-order valence-corrected chi connectivity index (χ4v) is 9.16. The maximum Gasteiger partial charge on any atom is 0.181 e. The molecule has 2 atom stereocenters. The second-order valence-electron chi connectivity index (χ2n) is 10.5. The van der Waals surface area contributed by atoms with Gasteiger partial charge >= 0.3 is 0 Å². The van der Waals surface area contributed by atoms with Crippen molar-refractivity contribution >= 4 is 99.5 Å². The van der Waals surface area contributed by atoms with Crippen molar-refractivity contribution in [2.45, 2.75) is 41.5 Å². The Labute approximate surface area is 293 Å². The first-order valence-corrected chi connectivity index (χ1v) is 21.8. The fourth-order valence-electron chi connectivity index (χ4n) is 3.37. The summed E-state index contributed by atoms with van der Waals surface area (Å²) in [6.45, 7) is 10.1. The third kappa shape index (κ3) is 16.2. The first-order valence-electron chi connectivity index (χ1n) is 13.7. The topological polar surface area (TPSA) is 205 Å². The van der Waals surface area contributed by atoms with E-state index in [1.54, 1.807) is 43.4 Å². The first-order chi connectivity index (χ1) is 22.0. The van der Waals surface area contributed by atoms with Crippen LogP contribution in [0.1, 0.15) is 41.5 Å². The number of ketones is 6. The van der Waals surface area contributed by atoms with Gasteiger partial charge in [-0.1, -0.05) is 0 Å². The average Bonchev–Trinajstić information content (AvgIpc) is 3.76. The molecule has 0 aromatic rings. The van der Waals surface area contributed by atoms with Gasteiger partial charge in [0.15, 0.2) is 54.4 Å². The van der Waals surface area contributed by atoms with Gasteiger partial charge in [-0.2, -0.15) is 0 Å². The minimum Gasteiger partial charge on any atom is -0.294 e. The summed E-state index contributed by atoms with van der Waals surface area (Å²) in [7, 11) is -8.30. The highest BCUT2D eigenvalue weighted by molar-refractivity contribution is 8.04. The van der Waals surface area contributed by atoms with E-state index in [0.29, 0.717) is 27.6 Å². The number of thioether (sulfide) groups is 2. The van der Waals surface area contributed by atoms with E-state index in [1.165, 1.54) is 25.3 Å². The minimum atomic E-state index is -3.16. The molecule has 2 unspecified atom stereocenters. The summed E-state index contributed by atoms with van der Waals surface area (Å²) in [5.74, 6) is 0.992. The highest BCUT2D eigenvalue weighted by atomic mass is 32.2. The van der Waals surface area contributed by atoms with E-state index < -0.39 is 41.3 Å². The lowest BCUT2D eigenvalue weighted by molar-refractivity contribution is -0.113. The van der Waals surface area contributed by atoms with Gasteiger partial charge in [0.05, 0.1) is 44.6 Å². The molecule has 6 aliphatic heterocycles. The summed E-state index contributed by atoms with van der Waals surface area (Å²) in [5, 5.41) is 4.43. The van der Waals surface area contributed by atoms with Gasteiger partial charge in [-0.25, -0.2) is 16.8 Å². The Bertz CT molecular complexity index is 1790. The van der Waals surface area contributed by atoms with Crippen molar-refractivity contribution in [3.63, 3.8) is 0 Å². The smallest absolute Gasteiger partial charge is 0.181 e. The second-order valence-corrected chi connectivity index (χ2v) is 19.5. The SMILES string of the molecule is CC1=CC(=O)CS1.CC1=CC(=O)CS1(=O)=O.CC1=CC(=O)CS1=O.CC1=CS(=O)(=O)CC1=O.CC1=CS(=O)CC1=O.CC1=CSCC1=O. The van der Waals surface area contributed by atoms with Crippen LogP contribution in [0, 0.1) is 0 Å². The van der Waals surface area contributed by atoms with Crippen LogP contribution >= 0.6 is 23.5 Å². The molecule has 6 rings (SSSR count). The molecule has 0 fully saturated rings. The van der Waals surface area contributed by atoms with Crippen molar-refractivity contribution in [2.24, 2.45) is 0 Å². The largest absolute Gasteiger partial charge is 0.294 e. The Morgan fingerprint density at radius 2 is 1.27 bits per heavy atom. The molecule has 0 bridgehead atoms. The lowest BCUT2D eigenvalue weighted by Gasteiger charge is -1.87. The van der Waals surface area contributed by atoms with E-state index in [1.807, 2.05) is 19.3 Å². The molecule has 0 amide bonds. The molecule has 0 saturated heterocycles. The van der Waals surface area contributed by atoms with E-state index in [9.17, 15) is 54.0 Å². The number of sulfone groups is 2. The standard InChI is InChI=1S/2C5H6O3S.2C5H6O2S.2C5H6OS/c1-4-2-9(7,8)3-5(4)6;1-4-2-5(6)3-9(4,7)8;1-4-2-8(7)3-5(4)6;1-4-2-5(6)3-8(4)7;1-4-2-7-3-5(4)6;1-4-2-5(6)3-7-4/h2*2H,3H2,1H3;2*2H,3H2,1H3;2*2H,3H2,1H3. The van der Waals surface area contributed by atoms with E-state index in [2.05, 4.69) is 0 Å². The molecule has 0 aromatic carbocycles. The summed E-state index contributed by atoms with van der Waals surface area (Å²) < 4.78 is 63.6. The van der Waals surface area contributed by atoms with Crippen LogP contribution in [0.25, 0.3) is 0 Å². The summed E-state index contributed by atoms with van der Waals surface area (Å²) in [5.41, 5.74) is 1.89. The van der Waals surface area contributed by atoms with E-state index in [-0.39, 0.29) is 62.6 Å². The van der Waals surface area contributed by atoms with Gasteiger partial charge in [-0.05, 0) is 75.7 Å². The third-order valence-electron chi connectivity index (χ3n) is 6.05. The van der Waals surface area contributed by atoms with Crippen molar-refractivity contribution in [1.82, 2.24) is 0 Å². The normalized spacial score (nSPS) is 24.4. The summed E-state index contributed by atoms with van der Waals surface area (Å²) in [6.07, 6.45) is 4.29. The predicted molar refractivity (Wildman–Crippen MR) is 191 cm³/mol. The van der Waals surface area contributed by atoms with E-state index in [4.69, 9.17) is 0 Å². The molecule has 6 aliphatic rings. The molecule has 0 N–H and O–H groups in total. The summed E-state index contributed by atoms with van der Waals surface area (Å²) in [6, 6.07) is 0. The number of Topliss-reactive ketones (excluding diaryl/α,β-unsaturated/α-hetero) is 3. The van der Waals surface area contributed by atoms with Crippen LogP contribution in [0.15, 0.2) is 65.9 Å². The molecule has 0 aromatic heterocycles. The van der Waals surface area contributed by atoms with Crippen LogP contribution < -0.4 is 0 Å². The molecule has 18 heteroatoms. The van der Waals surface area contributed by atoms with Crippen LogP contribution in [0.3, 0.4) is 0 Å². The molecule has 6 heterocycles. The number of carbonyl (C=O) groups excluding carboxylic acids is 6. The number of hydrogen-bond acceptors (Lipinski definition) is 14. The summed E-state index contributed by atoms with van der Waals surface area (Å²) >= 11 is 3.20. The first kappa shape index (κ1) is 43.4. The molecule has 12 nitrogen and oxygen atoms in total. The fraction of sp³-hybridized carbons (Fsp3) is 0.400. The van der Waals surface area contributed by atoms with Gasteiger partial charge < -0.3 is 0 Å². The van der Waals surface area contributed by atoms with Gasteiger partial charge in [0.2, 0.25) is 0 Å². The van der Waals surface area contributed by atoms with Gasteiger partial charge in [0.1, 0.15) is 11.5 Å². The van der Waals surface area contributed by atoms with Crippen LogP contribution in [-0.2, 0) is 70.0 Å². The molecule has 264 valence electrons. The highest BCUT2D eigenvalue weighted by Crippen LogP contribution is 2.20. The molecule has 0 saturated carbocycles. The molecule has 0 spiro atoms. The van der Waals surface area contributed by atoms with Gasteiger partial charge in [-0.15, -0.1) is 23.5 Å². The van der Waals surface area contributed by atoms with Gasteiger partial charge in [0.25, 0.3) is 0 Å². The zero-order valence-corrected chi connectivity index (χ0v) is 32.0. The maximum atomic E-state index is 10.7. The number of carbonyl (C=O) groups is 6. The van der Waals surface area contributed by atoms with Crippen LogP contribution in [0.5, 0.6) is 0 Å². The Kier molecular flexibility index (Phi) is 17.6. The van der Waals surface area contributed by atoms with Crippen molar-refractivity contribution in [1.29, 1.82) is 0 Å². The molecule has 0 radical (unpaired) electrons. The van der Waals surface area contributed by atoms with Crippen molar-refractivity contribution in [3.05, 3.63) is 65.9 Å². The lowest BCUT2D eigenvalue weighted by Crippen LogP contribution is -2.04. The van der Waals surface area contributed by atoms with Crippen LogP contribution in [0.2, 0.25) is 0 Å². The zero-order chi connectivity index (χ0) is 37.0.